The van der Waals surface area contributed by atoms with E-state index in [1.165, 1.54) is 6.42 Å². The zero-order chi connectivity index (χ0) is 12.7. The highest BCUT2D eigenvalue weighted by Gasteiger charge is 2.29. The van der Waals surface area contributed by atoms with Gasteiger partial charge in [0.1, 0.15) is 5.75 Å². The first-order chi connectivity index (χ1) is 8.69. The maximum absolute atomic E-state index is 10.5. The molecule has 0 bridgehead atoms. The Labute approximate surface area is 118 Å². The Hall–Kier alpha value is -0.650. The number of aliphatic hydroxyl groups is 1. The van der Waals surface area contributed by atoms with E-state index in [0.29, 0.717) is 5.92 Å². The minimum Gasteiger partial charge on any atom is -0.497 e. The number of ether oxygens (including phenoxy) is 1. The quantitative estimate of drug-likeness (QED) is 0.929. The average molecular weight is 328 g/mol. The van der Waals surface area contributed by atoms with Gasteiger partial charge in [0.05, 0.1) is 23.4 Å². The van der Waals surface area contributed by atoms with E-state index in [-0.39, 0.29) is 0 Å². The van der Waals surface area contributed by atoms with Gasteiger partial charge in [-0.2, -0.15) is 0 Å². The predicted molar refractivity (Wildman–Crippen MR) is 76.2 cm³/mol. The first kappa shape index (κ1) is 12.4. The molecule has 5 heteroatoms. The van der Waals surface area contributed by atoms with E-state index < -0.39 is 6.10 Å². The van der Waals surface area contributed by atoms with Gasteiger partial charge in [0.15, 0.2) is 3.92 Å². The van der Waals surface area contributed by atoms with E-state index in [0.717, 1.165) is 38.3 Å². The molecule has 18 heavy (non-hydrogen) atoms. The van der Waals surface area contributed by atoms with E-state index in [9.17, 15) is 5.11 Å². The van der Waals surface area contributed by atoms with Crippen LogP contribution in [0.3, 0.4) is 0 Å². The van der Waals surface area contributed by atoms with Crippen molar-refractivity contribution in [1.29, 1.82) is 0 Å². The summed E-state index contributed by atoms with van der Waals surface area (Å²) in [7, 11) is 1.65. The number of aliphatic hydroxyl groups excluding tert-OH is 1. The summed E-state index contributed by atoms with van der Waals surface area (Å²) in [6.07, 6.45) is 3.00. The molecule has 1 unspecified atom stereocenters. The van der Waals surface area contributed by atoms with Gasteiger partial charge in [-0.05, 0) is 46.8 Å². The molecule has 1 fully saturated rings. The molecule has 3 nitrogen and oxygen atoms in total. The summed E-state index contributed by atoms with van der Waals surface area (Å²) in [6.45, 7) is 0. The van der Waals surface area contributed by atoms with Gasteiger partial charge in [-0.15, -0.1) is 11.3 Å². The van der Waals surface area contributed by atoms with Crippen molar-refractivity contribution < 1.29 is 9.84 Å². The average Bonchev–Trinajstić information content (AvgIpc) is 2.65. The van der Waals surface area contributed by atoms with E-state index in [4.69, 9.17) is 4.74 Å². The second-order valence-electron chi connectivity index (χ2n) is 4.67. The monoisotopic (exact) mass is 327 g/mol. The standard InChI is InChI=1S/C13H14BrNO2S/c1-17-8-5-9(12(16)7-3-2-4-7)11-10(6-8)18-13(14)15-11/h5-7,12,16H,2-4H2,1H3. The molecule has 1 aliphatic carbocycles. The van der Waals surface area contributed by atoms with Crippen molar-refractivity contribution in [3.63, 3.8) is 0 Å². The summed E-state index contributed by atoms with van der Waals surface area (Å²) in [5.74, 6) is 1.16. The normalized spacial score (nSPS) is 17.7. The fraction of sp³-hybridized carbons (Fsp3) is 0.462. The van der Waals surface area contributed by atoms with Crippen LogP contribution in [-0.4, -0.2) is 17.2 Å². The number of hydrogen-bond acceptors (Lipinski definition) is 4. The molecule has 2 aromatic rings. The van der Waals surface area contributed by atoms with Crippen molar-refractivity contribution in [3.8, 4) is 5.75 Å². The molecule has 3 rings (SSSR count). The maximum Gasteiger partial charge on any atom is 0.160 e. The first-order valence-corrected chi connectivity index (χ1v) is 7.62. The summed E-state index contributed by atoms with van der Waals surface area (Å²) >= 11 is 4.97. The lowest BCUT2D eigenvalue weighted by molar-refractivity contribution is 0.0630. The number of thiazole rings is 1. The first-order valence-electron chi connectivity index (χ1n) is 6.01. The summed E-state index contributed by atoms with van der Waals surface area (Å²) in [6, 6.07) is 3.88. The van der Waals surface area contributed by atoms with Crippen molar-refractivity contribution in [2.75, 3.05) is 7.11 Å². The van der Waals surface area contributed by atoms with Crippen LogP contribution in [0.25, 0.3) is 10.2 Å². The summed E-state index contributed by atoms with van der Waals surface area (Å²) < 4.78 is 7.20. The number of fused-ring (bicyclic) bond motifs is 1. The summed E-state index contributed by atoms with van der Waals surface area (Å²) in [4.78, 5) is 4.47. The third-order valence-corrected chi connectivity index (χ3v) is 5.08. The molecule has 0 radical (unpaired) electrons. The SMILES string of the molecule is COc1cc(C(O)C2CCC2)c2nc(Br)sc2c1. The highest BCUT2D eigenvalue weighted by Crippen LogP contribution is 2.42. The van der Waals surface area contributed by atoms with Crippen molar-refractivity contribution >= 4 is 37.5 Å². The van der Waals surface area contributed by atoms with Gasteiger partial charge in [-0.3, -0.25) is 0 Å². The molecule has 96 valence electrons. The number of nitrogens with zero attached hydrogens (tertiary/aromatic N) is 1. The van der Waals surface area contributed by atoms with Crippen LogP contribution in [0.1, 0.15) is 30.9 Å². The summed E-state index contributed by atoms with van der Waals surface area (Å²) in [5.41, 5.74) is 1.79. The Kier molecular flexibility index (Phi) is 3.30. The molecule has 1 aliphatic rings. The van der Waals surface area contributed by atoms with Crippen LogP contribution in [0.2, 0.25) is 0 Å². The number of benzene rings is 1. The lowest BCUT2D eigenvalue weighted by Crippen LogP contribution is -2.20. The molecule has 1 atom stereocenters. The van der Waals surface area contributed by atoms with Crippen LogP contribution < -0.4 is 4.74 Å². The minimum absolute atomic E-state index is 0.376. The fourth-order valence-electron chi connectivity index (χ4n) is 2.35. The Morgan fingerprint density at radius 1 is 1.50 bits per heavy atom. The molecule has 0 spiro atoms. The Bertz CT molecular complexity index is 580. The molecule has 0 aliphatic heterocycles. The lowest BCUT2D eigenvalue weighted by Gasteiger charge is -2.30. The molecule has 1 saturated carbocycles. The minimum atomic E-state index is -0.426. The number of methoxy groups -OCH3 is 1. The van der Waals surface area contributed by atoms with E-state index in [2.05, 4.69) is 20.9 Å². The molecule has 0 amide bonds. The number of halogens is 1. The Balaban J connectivity index is 2.12. The van der Waals surface area contributed by atoms with Crippen molar-refractivity contribution in [1.82, 2.24) is 4.98 Å². The van der Waals surface area contributed by atoms with Gasteiger partial charge in [0, 0.05) is 5.56 Å². The number of rotatable bonds is 3. The molecule has 0 saturated heterocycles. The van der Waals surface area contributed by atoms with Gasteiger partial charge in [0.25, 0.3) is 0 Å². The van der Waals surface area contributed by atoms with Crippen molar-refractivity contribution in [2.24, 2.45) is 5.92 Å². The second-order valence-corrected chi connectivity index (χ2v) is 6.97. The molecule has 1 aromatic carbocycles. The van der Waals surface area contributed by atoms with Crippen LogP contribution >= 0.6 is 27.3 Å². The van der Waals surface area contributed by atoms with Gasteiger partial charge in [-0.25, -0.2) is 4.98 Å². The predicted octanol–water partition coefficient (Wildman–Crippen LogP) is 3.90. The molecular weight excluding hydrogens is 314 g/mol. The van der Waals surface area contributed by atoms with Crippen molar-refractivity contribution in [3.05, 3.63) is 21.6 Å². The molecule has 1 aromatic heterocycles. The Morgan fingerprint density at radius 3 is 2.89 bits per heavy atom. The van der Waals surface area contributed by atoms with Gasteiger partial charge in [-0.1, -0.05) is 6.42 Å². The van der Waals surface area contributed by atoms with Crippen LogP contribution in [0.5, 0.6) is 5.75 Å². The fourth-order valence-corrected chi connectivity index (χ4v) is 3.81. The molecular formula is C13H14BrNO2S. The zero-order valence-corrected chi connectivity index (χ0v) is 12.4. The largest absolute Gasteiger partial charge is 0.497 e. The Morgan fingerprint density at radius 2 is 2.28 bits per heavy atom. The number of aromatic nitrogens is 1. The van der Waals surface area contributed by atoms with Crippen molar-refractivity contribution in [2.45, 2.75) is 25.4 Å². The van der Waals surface area contributed by atoms with Gasteiger partial charge in [0.2, 0.25) is 0 Å². The lowest BCUT2D eigenvalue weighted by atomic mass is 9.78. The number of hydrogen-bond donors (Lipinski definition) is 1. The summed E-state index contributed by atoms with van der Waals surface area (Å²) in [5, 5.41) is 10.5. The highest BCUT2D eigenvalue weighted by molar-refractivity contribution is 9.11. The van der Waals surface area contributed by atoms with E-state index in [1.807, 2.05) is 12.1 Å². The van der Waals surface area contributed by atoms with Crippen LogP contribution in [0.15, 0.2) is 16.0 Å². The highest BCUT2D eigenvalue weighted by atomic mass is 79.9. The van der Waals surface area contributed by atoms with Crippen LogP contribution in [-0.2, 0) is 0 Å². The van der Waals surface area contributed by atoms with E-state index in [1.54, 1.807) is 18.4 Å². The third-order valence-electron chi connectivity index (χ3n) is 3.62. The smallest absolute Gasteiger partial charge is 0.160 e. The molecule has 1 heterocycles. The second kappa shape index (κ2) is 4.79. The third kappa shape index (κ3) is 2.04. The van der Waals surface area contributed by atoms with Gasteiger partial charge >= 0.3 is 0 Å². The van der Waals surface area contributed by atoms with Crippen LogP contribution in [0.4, 0.5) is 0 Å². The zero-order valence-electron chi connectivity index (χ0n) is 10.0. The van der Waals surface area contributed by atoms with E-state index >= 15 is 0 Å². The van der Waals surface area contributed by atoms with Crippen LogP contribution in [0, 0.1) is 5.92 Å². The topological polar surface area (TPSA) is 42.4 Å². The van der Waals surface area contributed by atoms with Gasteiger partial charge < -0.3 is 9.84 Å². The molecule has 1 N–H and O–H groups in total. The maximum atomic E-state index is 10.5.